The van der Waals surface area contributed by atoms with Crippen molar-refractivity contribution >= 4 is 5.91 Å². The van der Waals surface area contributed by atoms with Crippen LogP contribution in [0.4, 0.5) is 0 Å². The lowest BCUT2D eigenvalue weighted by molar-refractivity contribution is -0.123. The minimum Gasteiger partial charge on any atom is -0.484 e. The minimum atomic E-state index is -0.124. The summed E-state index contributed by atoms with van der Waals surface area (Å²) in [6.45, 7) is 4.55. The largest absolute Gasteiger partial charge is 0.484 e. The maximum absolute atomic E-state index is 11.6. The molecule has 19 heavy (non-hydrogen) atoms. The van der Waals surface area contributed by atoms with E-state index >= 15 is 0 Å². The van der Waals surface area contributed by atoms with Crippen LogP contribution in [0.15, 0.2) is 36.7 Å². The molecule has 1 amide bonds. The number of H-pyrrole nitrogens is 1. The molecule has 0 bridgehead atoms. The highest BCUT2D eigenvalue weighted by Gasteiger charge is 2.05. The van der Waals surface area contributed by atoms with Crippen molar-refractivity contribution in [3.05, 3.63) is 53.3 Å². The Bertz CT molecular complexity index is 547. The Balaban J connectivity index is 1.80. The molecule has 0 saturated carbocycles. The maximum atomic E-state index is 11.6. The Morgan fingerprint density at radius 3 is 2.84 bits per heavy atom. The number of hydrogen-bond donors (Lipinski definition) is 2. The van der Waals surface area contributed by atoms with E-state index in [2.05, 4.69) is 10.3 Å². The number of aromatic nitrogens is 1. The molecule has 0 saturated heterocycles. The van der Waals surface area contributed by atoms with Gasteiger partial charge in [-0.15, -0.1) is 0 Å². The summed E-state index contributed by atoms with van der Waals surface area (Å²) in [6, 6.07) is 7.82. The summed E-state index contributed by atoms with van der Waals surface area (Å²) < 4.78 is 5.50. The van der Waals surface area contributed by atoms with Crippen molar-refractivity contribution in [2.24, 2.45) is 0 Å². The fraction of sp³-hybridized carbons (Fsp3) is 0.267. The van der Waals surface area contributed by atoms with Gasteiger partial charge < -0.3 is 15.0 Å². The number of hydrogen-bond acceptors (Lipinski definition) is 2. The van der Waals surface area contributed by atoms with E-state index in [-0.39, 0.29) is 12.5 Å². The number of rotatable bonds is 5. The number of aromatic amines is 1. The van der Waals surface area contributed by atoms with E-state index in [1.807, 2.05) is 50.5 Å². The molecule has 1 heterocycles. The molecule has 4 heteroatoms. The van der Waals surface area contributed by atoms with Crippen LogP contribution in [0.5, 0.6) is 5.75 Å². The number of nitrogens with one attached hydrogen (secondary N) is 2. The standard InChI is InChI=1S/C15H18N2O2/c1-11-3-4-14(12(2)7-11)19-10-15(18)17-9-13-5-6-16-8-13/h3-8,16H,9-10H2,1-2H3,(H,17,18). The summed E-state index contributed by atoms with van der Waals surface area (Å²) in [6.07, 6.45) is 3.68. The molecule has 1 aromatic carbocycles. The SMILES string of the molecule is Cc1ccc(OCC(=O)NCc2cc[nH]c2)c(C)c1. The first-order chi connectivity index (χ1) is 9.15. The zero-order valence-electron chi connectivity index (χ0n) is 11.2. The van der Waals surface area contributed by atoms with Crippen molar-refractivity contribution < 1.29 is 9.53 Å². The van der Waals surface area contributed by atoms with Gasteiger partial charge in [-0.25, -0.2) is 0 Å². The first-order valence-corrected chi connectivity index (χ1v) is 6.23. The summed E-state index contributed by atoms with van der Waals surface area (Å²) in [5.41, 5.74) is 3.26. The van der Waals surface area contributed by atoms with E-state index in [9.17, 15) is 4.79 Å². The van der Waals surface area contributed by atoms with Crippen molar-refractivity contribution in [3.8, 4) is 5.75 Å². The molecule has 1 aromatic heterocycles. The van der Waals surface area contributed by atoms with Crippen LogP contribution >= 0.6 is 0 Å². The topological polar surface area (TPSA) is 54.1 Å². The average Bonchev–Trinajstić information content (AvgIpc) is 2.88. The molecule has 2 N–H and O–H groups in total. The molecule has 2 rings (SSSR count). The van der Waals surface area contributed by atoms with Crippen molar-refractivity contribution in [1.29, 1.82) is 0 Å². The van der Waals surface area contributed by atoms with Crippen molar-refractivity contribution in [2.45, 2.75) is 20.4 Å². The molecule has 0 radical (unpaired) electrons. The predicted octanol–water partition coefficient (Wildman–Crippen LogP) is 2.33. The van der Waals surface area contributed by atoms with E-state index in [4.69, 9.17) is 4.74 Å². The number of ether oxygens (including phenoxy) is 1. The summed E-state index contributed by atoms with van der Waals surface area (Å²) in [7, 11) is 0. The normalized spacial score (nSPS) is 10.2. The average molecular weight is 258 g/mol. The van der Waals surface area contributed by atoms with Gasteiger partial charge in [0.25, 0.3) is 5.91 Å². The van der Waals surface area contributed by atoms with Crippen molar-refractivity contribution in [1.82, 2.24) is 10.3 Å². The molecule has 0 atom stereocenters. The predicted molar refractivity (Wildman–Crippen MR) is 74.1 cm³/mol. The molecule has 4 nitrogen and oxygen atoms in total. The third kappa shape index (κ3) is 3.88. The fourth-order valence-electron chi connectivity index (χ4n) is 1.82. The van der Waals surface area contributed by atoms with Gasteiger partial charge >= 0.3 is 0 Å². The first kappa shape index (κ1) is 13.2. The van der Waals surface area contributed by atoms with Crippen LogP contribution in [-0.4, -0.2) is 17.5 Å². The van der Waals surface area contributed by atoms with Crippen LogP contribution in [-0.2, 0) is 11.3 Å². The van der Waals surface area contributed by atoms with Crippen molar-refractivity contribution in [3.63, 3.8) is 0 Å². The number of carbonyl (C=O) groups is 1. The van der Waals surface area contributed by atoms with Gasteiger partial charge in [0.1, 0.15) is 5.75 Å². The Morgan fingerprint density at radius 2 is 2.16 bits per heavy atom. The Hall–Kier alpha value is -2.23. The lowest BCUT2D eigenvalue weighted by Gasteiger charge is -2.09. The van der Waals surface area contributed by atoms with Gasteiger partial charge in [-0.05, 0) is 37.1 Å². The van der Waals surface area contributed by atoms with Crippen LogP contribution in [0.25, 0.3) is 0 Å². The van der Waals surface area contributed by atoms with E-state index in [0.29, 0.717) is 6.54 Å². The lowest BCUT2D eigenvalue weighted by Crippen LogP contribution is -2.28. The number of benzene rings is 1. The fourth-order valence-corrected chi connectivity index (χ4v) is 1.82. The highest BCUT2D eigenvalue weighted by molar-refractivity contribution is 5.77. The number of amides is 1. The van der Waals surface area contributed by atoms with Gasteiger partial charge in [0.2, 0.25) is 0 Å². The molecule has 2 aromatic rings. The van der Waals surface area contributed by atoms with Crippen LogP contribution in [0, 0.1) is 13.8 Å². The summed E-state index contributed by atoms with van der Waals surface area (Å²) in [4.78, 5) is 14.6. The Labute approximate surface area is 112 Å². The molecular formula is C15H18N2O2. The second-order valence-electron chi connectivity index (χ2n) is 4.55. The second kappa shape index (κ2) is 6.09. The lowest BCUT2D eigenvalue weighted by atomic mass is 10.1. The van der Waals surface area contributed by atoms with Crippen LogP contribution in [0.2, 0.25) is 0 Å². The summed E-state index contributed by atoms with van der Waals surface area (Å²) in [5.74, 6) is 0.628. The molecule has 0 fully saturated rings. The molecule has 0 aliphatic heterocycles. The molecule has 0 spiro atoms. The zero-order chi connectivity index (χ0) is 13.7. The van der Waals surface area contributed by atoms with Crippen molar-refractivity contribution in [2.75, 3.05) is 6.61 Å². The van der Waals surface area contributed by atoms with Crippen LogP contribution in [0.1, 0.15) is 16.7 Å². The van der Waals surface area contributed by atoms with Crippen LogP contribution in [0.3, 0.4) is 0 Å². The zero-order valence-corrected chi connectivity index (χ0v) is 11.2. The van der Waals surface area contributed by atoms with Gasteiger partial charge in [0.05, 0.1) is 0 Å². The third-order valence-electron chi connectivity index (χ3n) is 2.84. The van der Waals surface area contributed by atoms with Gasteiger partial charge in [0.15, 0.2) is 6.61 Å². The van der Waals surface area contributed by atoms with Gasteiger partial charge in [0, 0.05) is 18.9 Å². The van der Waals surface area contributed by atoms with Gasteiger partial charge in [-0.3, -0.25) is 4.79 Å². The number of aryl methyl sites for hydroxylation is 2. The van der Waals surface area contributed by atoms with Gasteiger partial charge in [-0.1, -0.05) is 17.7 Å². The molecular weight excluding hydrogens is 240 g/mol. The molecule has 0 aliphatic rings. The van der Waals surface area contributed by atoms with E-state index in [1.165, 1.54) is 5.56 Å². The second-order valence-corrected chi connectivity index (χ2v) is 4.55. The van der Waals surface area contributed by atoms with E-state index in [0.717, 1.165) is 16.9 Å². The van der Waals surface area contributed by atoms with Crippen LogP contribution < -0.4 is 10.1 Å². The monoisotopic (exact) mass is 258 g/mol. The third-order valence-corrected chi connectivity index (χ3v) is 2.84. The summed E-state index contributed by atoms with van der Waals surface area (Å²) in [5, 5.41) is 2.80. The minimum absolute atomic E-state index is 0.0360. The smallest absolute Gasteiger partial charge is 0.258 e. The first-order valence-electron chi connectivity index (χ1n) is 6.23. The van der Waals surface area contributed by atoms with Gasteiger partial charge in [-0.2, -0.15) is 0 Å². The van der Waals surface area contributed by atoms with E-state index < -0.39 is 0 Å². The number of carbonyl (C=O) groups excluding carboxylic acids is 1. The highest BCUT2D eigenvalue weighted by atomic mass is 16.5. The molecule has 0 unspecified atom stereocenters. The summed E-state index contributed by atoms with van der Waals surface area (Å²) >= 11 is 0. The molecule has 100 valence electrons. The Morgan fingerprint density at radius 1 is 1.32 bits per heavy atom. The Kier molecular flexibility index (Phi) is 4.23. The van der Waals surface area contributed by atoms with E-state index in [1.54, 1.807) is 0 Å². The molecule has 0 aliphatic carbocycles. The quantitative estimate of drug-likeness (QED) is 0.864. The highest BCUT2D eigenvalue weighted by Crippen LogP contribution is 2.18. The maximum Gasteiger partial charge on any atom is 0.258 e.